The fourth-order valence-electron chi connectivity index (χ4n) is 2.13. The van der Waals surface area contributed by atoms with Gasteiger partial charge in [0.1, 0.15) is 5.69 Å². The Labute approximate surface area is 131 Å². The number of nitrogens with zero attached hydrogens (tertiary/aromatic N) is 2. The minimum absolute atomic E-state index is 0.0444. The van der Waals surface area contributed by atoms with E-state index in [4.69, 9.17) is 0 Å². The highest BCUT2D eigenvalue weighted by Gasteiger charge is 2.16. The summed E-state index contributed by atoms with van der Waals surface area (Å²) < 4.78 is 2.59. The number of rotatable bonds is 3. The van der Waals surface area contributed by atoms with Gasteiger partial charge in [-0.05, 0) is 36.8 Å². The number of para-hydroxylation sites is 1. The molecule has 3 nitrogen and oxygen atoms in total. The Morgan fingerprint density at radius 2 is 1.86 bits per heavy atom. The highest BCUT2D eigenvalue weighted by Crippen LogP contribution is 2.20. The lowest BCUT2D eigenvalue weighted by atomic mass is 10.1. The maximum Gasteiger partial charge on any atom is 0.211 e. The summed E-state index contributed by atoms with van der Waals surface area (Å²) in [4.78, 5) is 12.7. The predicted molar refractivity (Wildman–Crippen MR) is 85.9 cm³/mol. The van der Waals surface area contributed by atoms with Crippen LogP contribution in [-0.4, -0.2) is 15.6 Å². The van der Waals surface area contributed by atoms with Crippen LogP contribution in [0.2, 0.25) is 0 Å². The monoisotopic (exact) mass is 340 g/mol. The quantitative estimate of drug-likeness (QED) is 0.670. The first-order valence-electron chi connectivity index (χ1n) is 6.57. The Balaban J connectivity index is 2.03. The van der Waals surface area contributed by atoms with Crippen LogP contribution in [0.15, 0.2) is 65.3 Å². The van der Waals surface area contributed by atoms with Crippen molar-refractivity contribution in [2.45, 2.75) is 6.92 Å². The van der Waals surface area contributed by atoms with E-state index < -0.39 is 0 Å². The Hall–Kier alpha value is -2.20. The van der Waals surface area contributed by atoms with Crippen molar-refractivity contribution >= 4 is 21.7 Å². The van der Waals surface area contributed by atoms with E-state index in [1.807, 2.05) is 55.5 Å². The molecule has 0 aliphatic heterocycles. The summed E-state index contributed by atoms with van der Waals surface area (Å²) in [6.45, 7) is 1.99. The third-order valence-electron chi connectivity index (χ3n) is 3.31. The summed E-state index contributed by atoms with van der Waals surface area (Å²) in [6, 6.07) is 17.0. The number of ketones is 1. The molecule has 0 radical (unpaired) electrons. The SMILES string of the molecule is Cc1ccc(C(=O)c2ccnn2-c2ccccc2)cc1Br. The standard InChI is InChI=1S/C17H13BrN2O/c1-12-7-8-13(11-15(12)18)17(21)16-9-10-19-20(16)14-5-3-2-4-6-14/h2-11H,1H3. The van der Waals surface area contributed by atoms with E-state index in [1.165, 1.54) is 0 Å². The molecule has 2 aromatic carbocycles. The summed E-state index contributed by atoms with van der Waals surface area (Å²) in [5.74, 6) is -0.0444. The van der Waals surface area contributed by atoms with E-state index in [0.29, 0.717) is 11.3 Å². The Bertz CT molecular complexity index is 794. The minimum atomic E-state index is -0.0444. The van der Waals surface area contributed by atoms with Crippen LogP contribution >= 0.6 is 15.9 Å². The largest absolute Gasteiger partial charge is 0.287 e. The molecular formula is C17H13BrN2O. The highest BCUT2D eigenvalue weighted by atomic mass is 79.9. The topological polar surface area (TPSA) is 34.9 Å². The van der Waals surface area contributed by atoms with E-state index in [0.717, 1.165) is 15.7 Å². The molecule has 0 aliphatic carbocycles. The molecule has 1 aromatic heterocycles. The van der Waals surface area contributed by atoms with Crippen LogP contribution in [0.5, 0.6) is 0 Å². The molecule has 0 spiro atoms. The number of halogens is 1. The molecule has 0 unspecified atom stereocenters. The summed E-state index contributed by atoms with van der Waals surface area (Å²) in [5, 5.41) is 4.26. The van der Waals surface area contributed by atoms with Crippen molar-refractivity contribution in [1.82, 2.24) is 9.78 Å². The molecule has 4 heteroatoms. The van der Waals surface area contributed by atoms with Gasteiger partial charge in [0.15, 0.2) is 0 Å². The molecule has 0 N–H and O–H groups in total. The first-order chi connectivity index (χ1) is 10.2. The van der Waals surface area contributed by atoms with Gasteiger partial charge in [-0.1, -0.05) is 46.3 Å². The molecule has 0 saturated heterocycles. The summed E-state index contributed by atoms with van der Waals surface area (Å²) in [7, 11) is 0. The average Bonchev–Trinajstić information content (AvgIpc) is 2.99. The van der Waals surface area contributed by atoms with Crippen LogP contribution in [0.3, 0.4) is 0 Å². The second-order valence-electron chi connectivity index (χ2n) is 4.76. The number of aryl methyl sites for hydroxylation is 1. The molecule has 0 saturated carbocycles. The van der Waals surface area contributed by atoms with Crippen molar-refractivity contribution < 1.29 is 4.79 Å². The predicted octanol–water partition coefficient (Wildman–Crippen LogP) is 4.17. The first kappa shape index (κ1) is 13.8. The highest BCUT2D eigenvalue weighted by molar-refractivity contribution is 9.10. The van der Waals surface area contributed by atoms with Gasteiger partial charge in [0.2, 0.25) is 5.78 Å². The second-order valence-corrected chi connectivity index (χ2v) is 5.61. The number of carbonyl (C=O) groups excluding carboxylic acids is 1. The van der Waals surface area contributed by atoms with E-state index in [1.54, 1.807) is 16.9 Å². The van der Waals surface area contributed by atoms with Gasteiger partial charge in [-0.25, -0.2) is 4.68 Å². The summed E-state index contributed by atoms with van der Waals surface area (Å²) >= 11 is 3.47. The van der Waals surface area contributed by atoms with Gasteiger partial charge in [-0.2, -0.15) is 5.10 Å². The number of hydrogen-bond donors (Lipinski definition) is 0. The minimum Gasteiger partial charge on any atom is -0.287 e. The van der Waals surface area contributed by atoms with Crippen molar-refractivity contribution in [3.63, 3.8) is 0 Å². The maximum absolute atomic E-state index is 12.7. The zero-order valence-corrected chi connectivity index (χ0v) is 13.0. The van der Waals surface area contributed by atoms with E-state index in [9.17, 15) is 4.79 Å². The van der Waals surface area contributed by atoms with Crippen LogP contribution in [0.4, 0.5) is 0 Å². The second kappa shape index (κ2) is 5.66. The van der Waals surface area contributed by atoms with Gasteiger partial charge in [-0.3, -0.25) is 4.79 Å². The molecule has 21 heavy (non-hydrogen) atoms. The first-order valence-corrected chi connectivity index (χ1v) is 7.36. The zero-order valence-electron chi connectivity index (χ0n) is 11.5. The van der Waals surface area contributed by atoms with Gasteiger partial charge in [-0.15, -0.1) is 0 Å². The van der Waals surface area contributed by atoms with Crippen LogP contribution in [0.1, 0.15) is 21.6 Å². The number of aromatic nitrogens is 2. The number of hydrogen-bond acceptors (Lipinski definition) is 2. The molecule has 0 aliphatic rings. The van der Waals surface area contributed by atoms with E-state index in [-0.39, 0.29) is 5.78 Å². The smallest absolute Gasteiger partial charge is 0.211 e. The fraction of sp³-hybridized carbons (Fsp3) is 0.0588. The van der Waals surface area contributed by atoms with Gasteiger partial charge >= 0.3 is 0 Å². The third kappa shape index (κ3) is 2.67. The fourth-order valence-corrected chi connectivity index (χ4v) is 2.51. The lowest BCUT2D eigenvalue weighted by Crippen LogP contribution is -2.10. The Kier molecular flexibility index (Phi) is 3.71. The molecule has 1 heterocycles. The molecule has 3 aromatic rings. The van der Waals surface area contributed by atoms with Crippen molar-refractivity contribution in [3.05, 3.63) is 82.1 Å². The van der Waals surface area contributed by atoms with Crippen LogP contribution in [-0.2, 0) is 0 Å². The van der Waals surface area contributed by atoms with Crippen molar-refractivity contribution in [2.24, 2.45) is 0 Å². The summed E-state index contributed by atoms with van der Waals surface area (Å²) in [6.07, 6.45) is 1.64. The zero-order chi connectivity index (χ0) is 14.8. The van der Waals surface area contributed by atoms with E-state index in [2.05, 4.69) is 21.0 Å². The van der Waals surface area contributed by atoms with Crippen LogP contribution in [0.25, 0.3) is 5.69 Å². The van der Waals surface area contributed by atoms with Crippen LogP contribution in [0, 0.1) is 6.92 Å². The van der Waals surface area contributed by atoms with Crippen molar-refractivity contribution in [1.29, 1.82) is 0 Å². The van der Waals surface area contributed by atoms with Crippen molar-refractivity contribution in [3.8, 4) is 5.69 Å². The average molecular weight is 341 g/mol. The third-order valence-corrected chi connectivity index (χ3v) is 4.16. The molecule has 3 rings (SSSR count). The Morgan fingerprint density at radius 3 is 2.57 bits per heavy atom. The molecule has 0 atom stereocenters. The number of benzene rings is 2. The maximum atomic E-state index is 12.7. The Morgan fingerprint density at radius 1 is 1.10 bits per heavy atom. The normalized spacial score (nSPS) is 10.6. The molecule has 104 valence electrons. The lowest BCUT2D eigenvalue weighted by Gasteiger charge is -2.07. The van der Waals surface area contributed by atoms with Crippen molar-refractivity contribution in [2.75, 3.05) is 0 Å². The van der Waals surface area contributed by atoms with Gasteiger partial charge < -0.3 is 0 Å². The van der Waals surface area contributed by atoms with Gasteiger partial charge in [0.05, 0.1) is 11.9 Å². The summed E-state index contributed by atoms with van der Waals surface area (Å²) in [5.41, 5.74) is 3.17. The van der Waals surface area contributed by atoms with Crippen LogP contribution < -0.4 is 0 Å². The van der Waals surface area contributed by atoms with Gasteiger partial charge in [0, 0.05) is 10.0 Å². The number of carbonyl (C=O) groups is 1. The molecule has 0 bridgehead atoms. The molecule has 0 amide bonds. The van der Waals surface area contributed by atoms with E-state index >= 15 is 0 Å². The molecular weight excluding hydrogens is 328 g/mol. The van der Waals surface area contributed by atoms with Gasteiger partial charge in [0.25, 0.3) is 0 Å². The molecule has 0 fully saturated rings. The lowest BCUT2D eigenvalue weighted by molar-refractivity contribution is 0.103.